The maximum absolute atomic E-state index is 16.3. The third kappa shape index (κ3) is 20.4. The van der Waals surface area contributed by atoms with Crippen LogP contribution in [0.15, 0.2) is 115 Å². The number of nitrogens with one attached hydrogen (secondary N) is 6. The zero-order valence-electron chi connectivity index (χ0n) is 64.2. The fourth-order valence-electron chi connectivity index (χ4n) is 14.6. The first-order valence-electron chi connectivity index (χ1n) is 37.3. The van der Waals surface area contributed by atoms with Crippen LogP contribution in [0.1, 0.15) is 124 Å². The van der Waals surface area contributed by atoms with Gasteiger partial charge in [-0.05, 0) is 140 Å². The predicted octanol–water partition coefficient (Wildman–Crippen LogP) is 7.40. The van der Waals surface area contributed by atoms with Crippen LogP contribution >= 0.6 is 46.4 Å². The number of ether oxygens (including phenoxy) is 8. The van der Waals surface area contributed by atoms with Gasteiger partial charge in [0.15, 0.2) is 41.2 Å². The first-order chi connectivity index (χ1) is 55.6. The topological polar surface area (TPSA) is 470 Å². The van der Waals surface area contributed by atoms with E-state index in [1.807, 2.05) is 26.0 Å². The second-order valence-electron chi connectivity index (χ2n) is 29.9. The van der Waals surface area contributed by atoms with Crippen LogP contribution in [0.25, 0.3) is 11.1 Å². The quantitative estimate of drug-likeness (QED) is 0.0350. The van der Waals surface area contributed by atoms with Crippen molar-refractivity contribution in [3.05, 3.63) is 175 Å². The number of Topliss-reactive ketones (excluding diaryl/α,β-unsaturated/α-hetero) is 3. The molecule has 9 unspecified atom stereocenters. The number of carbonyl (C=O) groups excluding carboxylic acids is 8. The van der Waals surface area contributed by atoms with Crippen LogP contribution in [0.2, 0.25) is 20.1 Å². The predicted molar refractivity (Wildman–Crippen MR) is 419 cm³/mol. The molecule has 0 saturated carbocycles. The molecule has 11 bridgehead atoms. The van der Waals surface area contributed by atoms with Gasteiger partial charge < -0.3 is 116 Å². The summed E-state index contributed by atoms with van der Waals surface area (Å²) in [5.74, 6) is -16.6. The van der Waals surface area contributed by atoms with Crippen molar-refractivity contribution >= 4 is 93.3 Å². The van der Waals surface area contributed by atoms with Crippen LogP contribution in [0.3, 0.4) is 0 Å². The molecule has 2 fully saturated rings. The van der Waals surface area contributed by atoms with E-state index < -0.39 is 210 Å². The van der Waals surface area contributed by atoms with Crippen LogP contribution in [0, 0.1) is 17.9 Å². The monoisotopic (exact) mass is 1780 g/mol. The maximum atomic E-state index is 16.3. The number of ketones is 3. The number of amides is 5. The van der Waals surface area contributed by atoms with Gasteiger partial charge in [0.05, 0.1) is 62.8 Å². The molecule has 5 amide bonds. The number of fused-ring (bicyclic) bond motifs is 15. The van der Waals surface area contributed by atoms with E-state index in [-0.39, 0.29) is 125 Å². The van der Waals surface area contributed by atoms with Crippen molar-refractivity contribution in [3.8, 4) is 68.6 Å². The minimum absolute atomic E-state index is 0. The van der Waals surface area contributed by atoms with E-state index >= 15 is 19.2 Å². The molecule has 7 aliphatic heterocycles. The summed E-state index contributed by atoms with van der Waals surface area (Å²) in [5.41, 5.74) is 4.52. The van der Waals surface area contributed by atoms with Gasteiger partial charge in [0, 0.05) is 88.0 Å². The molecule has 31 nitrogen and oxygen atoms in total. The Morgan fingerprint density at radius 3 is 2.05 bits per heavy atom. The van der Waals surface area contributed by atoms with Gasteiger partial charge in [-0.25, -0.2) is 0 Å². The molecule has 17 atom stereocenters. The third-order valence-electron chi connectivity index (χ3n) is 20.9. The molecule has 7 aliphatic rings. The summed E-state index contributed by atoms with van der Waals surface area (Å²) >= 11 is 26.7. The Balaban J connectivity index is 0.0000137. The summed E-state index contributed by atoms with van der Waals surface area (Å²) in [4.78, 5) is 119. The number of benzene rings is 7. The molecule has 1 radical (unpaired) electrons. The summed E-state index contributed by atoms with van der Waals surface area (Å²) in [6, 6.07) is 21.8. The second-order valence-corrected chi connectivity index (χ2v) is 31.5. The Morgan fingerprint density at radius 2 is 1.41 bits per heavy atom. The molecule has 118 heavy (non-hydrogen) atoms. The molecule has 16 N–H and O–H groups in total. The van der Waals surface area contributed by atoms with Gasteiger partial charge in [0.2, 0.25) is 35.7 Å². The SMILES string of the molecule is CN[C@H](CC(C)C)C(=O)N[C@H]1C(=O)C[C@@H](CC(N)=O)C(=O)N[C@H]2C(=O)C[C@H]3C(=O)N[C@@H](Oc4ccc(c(Cl)c4)Oc4cc2cc(c4OC2OC(CO)C(O)C(O)C2OC2CC(C)(NCc4ccc(OCc5ccc(Cl)c(Cl)c5)cc4)C(O)C(C)O2)Oc2ccc(cc2Cl)[C@H]1O)C(=O)N[C@H](C(C)=O)c1cc(O)[c-]c(O)c1-c1cc3ccc1O.[Y]. The Morgan fingerprint density at radius 1 is 0.729 bits per heavy atom. The van der Waals surface area contributed by atoms with Crippen molar-refractivity contribution in [2.24, 2.45) is 17.6 Å². The van der Waals surface area contributed by atoms with Crippen molar-refractivity contribution in [1.82, 2.24) is 31.9 Å². The summed E-state index contributed by atoms with van der Waals surface area (Å²) in [6.45, 7) is 7.45. The number of aromatic hydroxyl groups is 3. The largest absolute Gasteiger partial charge is 0.534 e. The molecule has 625 valence electrons. The number of halogens is 4. The van der Waals surface area contributed by atoms with Gasteiger partial charge in [-0.2, -0.15) is 0 Å². The van der Waals surface area contributed by atoms with E-state index in [2.05, 4.69) is 38.0 Å². The fourth-order valence-corrected chi connectivity index (χ4v) is 15.4. The van der Waals surface area contributed by atoms with Gasteiger partial charge in [-0.15, -0.1) is 11.6 Å². The standard InChI is InChI=1S/C82H86Cl4N7O24.Y/c1-35(2)19-54(88-6)78(108)92-69-57(99)23-43(26-64(87)101)76(106)91-68-42-24-61(113-59-17-11-41(70(69)102)22-52(59)85)73(117-81-74(72(104)71(103)63(33-94)115-81)116-65-31-82(5,75(105)37(4)111-65)89-32-38-7-12-45(13-8-38)110-34-39-9-15-50(83)51(84)20-39)62(25-42)114-60-18-14-46(29-53(60)86)112-80-79(109)90-67(36(3)95)49-27-44(96)28-56(98)66(49)48-21-40(10-16-55(48)97)47(30-58(68)100)77(107)93-80;/h7-18,20-22,24-25,27,29,35,37,43,47,54,63,65,67-72,74-75,80-81,88-89,94,96-98,102-105H,19,23,26,30-34H2,1-6H3,(H2,87,101)(H,90,109)(H,91,106)(H,92,108)(H,93,107);/q-1;/t37?,43-,47+,54+,63?,65?,67+,68+,69-,70+,71?,72?,74?,75?,80-,81?,82?;/m0./s1. The van der Waals surface area contributed by atoms with Gasteiger partial charge >= 0.3 is 0 Å². The van der Waals surface area contributed by atoms with Gasteiger partial charge in [0.25, 0.3) is 12.1 Å². The van der Waals surface area contributed by atoms with Crippen molar-refractivity contribution in [1.29, 1.82) is 0 Å². The normalized spacial score (nSPS) is 26.2. The van der Waals surface area contributed by atoms with Crippen molar-refractivity contribution in [2.75, 3.05) is 13.7 Å². The minimum atomic E-state index is -2.18. The first kappa shape index (κ1) is 89.9. The third-order valence-corrected chi connectivity index (χ3v) is 22.2. The maximum Gasteiger partial charge on any atom is 0.283 e. The summed E-state index contributed by atoms with van der Waals surface area (Å²) in [7, 11) is 1.50. The number of carbonyl (C=O) groups is 8. The molecule has 0 aliphatic carbocycles. The summed E-state index contributed by atoms with van der Waals surface area (Å²) < 4.78 is 51.9. The zero-order chi connectivity index (χ0) is 84.3. The van der Waals surface area contributed by atoms with Gasteiger partial charge in [-0.1, -0.05) is 108 Å². The van der Waals surface area contributed by atoms with Crippen LogP contribution in [-0.2, 0) is 98.4 Å². The molecular formula is C82H86Cl4N7O24Y-. The van der Waals surface area contributed by atoms with E-state index in [9.17, 15) is 60.0 Å². The second kappa shape index (κ2) is 38.3. The van der Waals surface area contributed by atoms with Crippen LogP contribution < -0.4 is 61.3 Å². The number of nitrogens with two attached hydrogens (primary N) is 1. The number of aliphatic hydroxyl groups excluding tert-OH is 5. The van der Waals surface area contributed by atoms with E-state index in [4.69, 9.17) is 90.0 Å². The average Bonchev–Trinajstić information content (AvgIpc) is 0.767. The Bertz CT molecular complexity index is 4980. The Labute approximate surface area is 721 Å². The number of phenols is 3. The number of hydrogen-bond acceptors (Lipinski definition) is 26. The van der Waals surface area contributed by atoms with E-state index in [1.165, 1.54) is 49.5 Å². The number of likely N-dealkylation sites (N-methyl/N-ethyl adjacent to an activating group) is 1. The molecule has 14 rings (SSSR count). The van der Waals surface area contributed by atoms with Gasteiger partial charge in [0.1, 0.15) is 71.9 Å². The van der Waals surface area contributed by atoms with Gasteiger partial charge in [-0.3, -0.25) is 38.4 Å². The number of hydrogen-bond donors (Lipinski definition) is 15. The van der Waals surface area contributed by atoms with Crippen molar-refractivity contribution in [2.45, 2.75) is 177 Å². The van der Waals surface area contributed by atoms with E-state index in [1.54, 1.807) is 44.2 Å². The number of phenolic OH excluding ortho intramolecular Hbond substituents is 3. The molecule has 7 aromatic rings. The molecule has 2 saturated heterocycles. The number of aliphatic hydroxyl groups is 5. The molecule has 0 spiro atoms. The Kier molecular flexibility index (Phi) is 29.2. The van der Waals surface area contributed by atoms with E-state index in [0.29, 0.717) is 15.8 Å². The first-order valence-corrected chi connectivity index (χ1v) is 38.8. The minimum Gasteiger partial charge on any atom is -0.534 e. The molecule has 36 heteroatoms. The van der Waals surface area contributed by atoms with Crippen molar-refractivity contribution < 1.29 is 150 Å². The zero-order valence-corrected chi connectivity index (χ0v) is 70.1. The van der Waals surface area contributed by atoms with E-state index in [0.717, 1.165) is 48.4 Å². The fraction of sp³-hybridized carbons (Fsp3) is 0.390. The molecule has 7 heterocycles. The van der Waals surface area contributed by atoms with Crippen molar-refractivity contribution in [3.63, 3.8) is 0 Å². The molecular weight excluding hydrogens is 1700 g/mol. The van der Waals surface area contributed by atoms with Crippen LogP contribution in [-0.4, -0.2) is 174 Å². The number of rotatable bonds is 19. The smallest absolute Gasteiger partial charge is 0.283 e. The summed E-state index contributed by atoms with van der Waals surface area (Å²) in [5, 5.41) is 110. The van der Waals surface area contributed by atoms with Crippen LogP contribution in [0.5, 0.6) is 57.5 Å². The molecule has 0 aromatic heterocycles. The van der Waals surface area contributed by atoms with Crippen LogP contribution in [0.4, 0.5) is 0 Å². The average molecular weight is 1780 g/mol. The number of primary amides is 1. The molecule has 7 aromatic carbocycles. The Hall–Kier alpha value is -8.84. The summed E-state index contributed by atoms with van der Waals surface area (Å²) in [6.07, 6.45) is -20.2.